The molecule has 30 heavy (non-hydrogen) atoms. The Labute approximate surface area is 180 Å². The van der Waals surface area contributed by atoms with Crippen LogP contribution >= 0.6 is 11.3 Å². The first-order valence-corrected chi connectivity index (χ1v) is 10.6. The van der Waals surface area contributed by atoms with Gasteiger partial charge in [0.15, 0.2) is 0 Å². The molecule has 2 N–H and O–H groups in total. The van der Waals surface area contributed by atoms with Gasteiger partial charge in [-0.25, -0.2) is 0 Å². The number of aryl methyl sites for hydroxylation is 2. The quantitative estimate of drug-likeness (QED) is 0.555. The average Bonchev–Trinajstić information content (AvgIpc) is 3.20. The topological polar surface area (TPSA) is 80.6 Å². The fourth-order valence-electron chi connectivity index (χ4n) is 3.16. The third-order valence-electron chi connectivity index (χ3n) is 4.96. The van der Waals surface area contributed by atoms with E-state index in [2.05, 4.69) is 10.6 Å². The van der Waals surface area contributed by atoms with Gasteiger partial charge < -0.3 is 19.8 Å². The van der Waals surface area contributed by atoms with Gasteiger partial charge in [-0.05, 0) is 50.6 Å². The molecule has 3 rings (SSSR count). The number of hydrogen-bond donors (Lipinski definition) is 2. The zero-order chi connectivity index (χ0) is 22.2. The largest absolute Gasteiger partial charge is 0.497 e. The molecule has 1 atom stereocenters. The number of amides is 2. The Morgan fingerprint density at radius 1 is 1.17 bits per heavy atom. The molecule has 0 spiro atoms. The van der Waals surface area contributed by atoms with E-state index in [9.17, 15) is 9.59 Å². The highest BCUT2D eigenvalue weighted by Crippen LogP contribution is 2.33. The zero-order valence-corrected chi connectivity index (χ0v) is 19.2. The van der Waals surface area contributed by atoms with Crippen LogP contribution in [0.15, 0.2) is 28.7 Å². The van der Waals surface area contributed by atoms with Crippen LogP contribution in [0.2, 0.25) is 0 Å². The normalized spacial score (nSPS) is 12.6. The smallest absolute Gasteiger partial charge is 0.262 e. The summed E-state index contributed by atoms with van der Waals surface area (Å²) in [5, 5.41) is 7.53. The molecule has 2 aromatic heterocycles. The predicted octanol–water partition coefficient (Wildman–Crippen LogP) is 5.60. The van der Waals surface area contributed by atoms with Crippen LogP contribution in [0, 0.1) is 19.3 Å². The van der Waals surface area contributed by atoms with Gasteiger partial charge in [-0.1, -0.05) is 20.8 Å². The van der Waals surface area contributed by atoms with Gasteiger partial charge in [0.2, 0.25) is 5.91 Å². The van der Waals surface area contributed by atoms with E-state index in [1.165, 1.54) is 11.3 Å². The average molecular weight is 429 g/mol. The summed E-state index contributed by atoms with van der Waals surface area (Å²) in [6.07, 6.45) is 0. The summed E-state index contributed by atoms with van der Waals surface area (Å²) in [4.78, 5) is 25.7. The van der Waals surface area contributed by atoms with Crippen LogP contribution in [-0.4, -0.2) is 18.9 Å². The van der Waals surface area contributed by atoms with Gasteiger partial charge in [-0.3, -0.25) is 9.59 Å². The summed E-state index contributed by atoms with van der Waals surface area (Å²) in [7, 11) is 1.63. The summed E-state index contributed by atoms with van der Waals surface area (Å²) in [6, 6.07) is 7.16. The Kier molecular flexibility index (Phi) is 5.94. The van der Waals surface area contributed by atoms with Gasteiger partial charge in [0, 0.05) is 16.4 Å². The van der Waals surface area contributed by atoms with Gasteiger partial charge in [0.1, 0.15) is 17.1 Å². The molecule has 0 aliphatic rings. The highest BCUT2D eigenvalue weighted by atomic mass is 32.1. The van der Waals surface area contributed by atoms with E-state index in [-0.39, 0.29) is 17.9 Å². The lowest BCUT2D eigenvalue weighted by Gasteiger charge is -2.16. The highest BCUT2D eigenvalue weighted by molar-refractivity contribution is 7.18. The van der Waals surface area contributed by atoms with Crippen molar-refractivity contribution in [2.24, 2.45) is 5.41 Å². The molecule has 0 aliphatic carbocycles. The van der Waals surface area contributed by atoms with Crippen molar-refractivity contribution >= 4 is 39.1 Å². The standard InChI is InChI=1S/C23H28N2O4S/c1-12-10-18(25-22(27)23(4,5)6)30-20(12)21(26)24-14(3)19-13(2)16-11-15(28-7)8-9-17(16)29-19/h8-11,14H,1-7H3,(H,24,26)(H,25,27). The van der Waals surface area contributed by atoms with Crippen LogP contribution in [0.3, 0.4) is 0 Å². The van der Waals surface area contributed by atoms with Crippen LogP contribution in [-0.2, 0) is 4.79 Å². The first-order valence-electron chi connectivity index (χ1n) is 9.81. The lowest BCUT2D eigenvalue weighted by Crippen LogP contribution is -2.27. The number of methoxy groups -OCH3 is 1. The fourth-order valence-corrected chi connectivity index (χ4v) is 4.13. The van der Waals surface area contributed by atoms with Crippen molar-refractivity contribution < 1.29 is 18.7 Å². The number of furan rings is 1. The maximum Gasteiger partial charge on any atom is 0.262 e. The minimum atomic E-state index is -0.504. The molecule has 0 fully saturated rings. The van der Waals surface area contributed by atoms with Crippen LogP contribution in [0.1, 0.15) is 60.3 Å². The minimum Gasteiger partial charge on any atom is -0.497 e. The molecule has 0 saturated carbocycles. The number of anilines is 1. The molecular formula is C23H28N2O4S. The van der Waals surface area contributed by atoms with Gasteiger partial charge in [0.05, 0.1) is 23.0 Å². The Morgan fingerprint density at radius 3 is 2.50 bits per heavy atom. The first kappa shape index (κ1) is 21.9. The second-order valence-corrected chi connectivity index (χ2v) is 9.53. The van der Waals surface area contributed by atoms with E-state index in [0.717, 1.165) is 27.8 Å². The van der Waals surface area contributed by atoms with Crippen molar-refractivity contribution in [3.8, 4) is 5.75 Å². The Hall–Kier alpha value is -2.80. The van der Waals surface area contributed by atoms with E-state index in [4.69, 9.17) is 9.15 Å². The molecule has 0 aliphatic heterocycles. The maximum atomic E-state index is 12.9. The van der Waals surface area contributed by atoms with Crippen molar-refractivity contribution in [1.29, 1.82) is 0 Å². The number of hydrogen-bond acceptors (Lipinski definition) is 5. The van der Waals surface area contributed by atoms with Crippen molar-refractivity contribution in [3.05, 3.63) is 46.0 Å². The summed E-state index contributed by atoms with van der Waals surface area (Å²) in [5.74, 6) is 1.19. The van der Waals surface area contributed by atoms with E-state index >= 15 is 0 Å². The third-order valence-corrected chi connectivity index (χ3v) is 6.11. The molecule has 160 valence electrons. The van der Waals surface area contributed by atoms with Crippen molar-refractivity contribution in [1.82, 2.24) is 5.32 Å². The molecule has 2 amide bonds. The number of nitrogens with one attached hydrogen (secondary N) is 2. The van der Waals surface area contributed by atoms with E-state index < -0.39 is 5.41 Å². The van der Waals surface area contributed by atoms with Crippen molar-refractivity contribution in [2.45, 2.75) is 47.6 Å². The molecule has 2 heterocycles. The number of thiophene rings is 1. The lowest BCUT2D eigenvalue weighted by molar-refractivity contribution is -0.123. The molecule has 0 saturated heterocycles. The lowest BCUT2D eigenvalue weighted by atomic mass is 9.96. The SMILES string of the molecule is COc1ccc2oc(C(C)NC(=O)c3sc(NC(=O)C(C)(C)C)cc3C)c(C)c2c1. The van der Waals surface area contributed by atoms with E-state index in [1.54, 1.807) is 7.11 Å². The van der Waals surface area contributed by atoms with Crippen molar-refractivity contribution in [2.75, 3.05) is 12.4 Å². The molecule has 6 nitrogen and oxygen atoms in total. The van der Waals surface area contributed by atoms with E-state index in [1.807, 2.05) is 65.8 Å². The van der Waals surface area contributed by atoms with E-state index in [0.29, 0.717) is 15.6 Å². The third kappa shape index (κ3) is 4.36. The zero-order valence-electron chi connectivity index (χ0n) is 18.4. The second-order valence-electron chi connectivity index (χ2n) is 8.48. The number of carbonyl (C=O) groups excluding carboxylic acids is 2. The van der Waals surface area contributed by atoms with Crippen LogP contribution in [0.4, 0.5) is 5.00 Å². The molecule has 1 aromatic carbocycles. The molecule has 7 heteroatoms. The van der Waals surface area contributed by atoms with Gasteiger partial charge in [-0.15, -0.1) is 11.3 Å². The Morgan fingerprint density at radius 2 is 1.87 bits per heavy atom. The minimum absolute atomic E-state index is 0.0857. The van der Waals surface area contributed by atoms with Crippen LogP contribution in [0.25, 0.3) is 11.0 Å². The number of fused-ring (bicyclic) bond motifs is 1. The van der Waals surface area contributed by atoms with Crippen molar-refractivity contribution in [3.63, 3.8) is 0 Å². The molecule has 1 unspecified atom stereocenters. The number of carbonyl (C=O) groups is 2. The number of ether oxygens (including phenoxy) is 1. The molecule has 0 radical (unpaired) electrons. The molecular weight excluding hydrogens is 400 g/mol. The summed E-state index contributed by atoms with van der Waals surface area (Å²) in [5.41, 5.74) is 2.04. The van der Waals surface area contributed by atoms with Gasteiger partial charge >= 0.3 is 0 Å². The summed E-state index contributed by atoms with van der Waals surface area (Å²) in [6.45, 7) is 11.3. The monoisotopic (exact) mass is 428 g/mol. The first-order chi connectivity index (χ1) is 14.0. The molecule has 3 aromatic rings. The summed E-state index contributed by atoms with van der Waals surface area (Å²) < 4.78 is 11.3. The Bertz CT molecular complexity index is 1100. The fraction of sp³-hybridized carbons (Fsp3) is 0.391. The number of benzene rings is 1. The maximum absolute atomic E-state index is 12.9. The number of rotatable bonds is 5. The second kappa shape index (κ2) is 8.14. The highest BCUT2D eigenvalue weighted by Gasteiger charge is 2.24. The van der Waals surface area contributed by atoms with Crippen LogP contribution in [0.5, 0.6) is 5.75 Å². The summed E-state index contributed by atoms with van der Waals surface area (Å²) >= 11 is 1.27. The predicted molar refractivity (Wildman–Crippen MR) is 121 cm³/mol. The Balaban J connectivity index is 1.78. The molecule has 0 bridgehead atoms. The van der Waals surface area contributed by atoms with Gasteiger partial charge in [-0.2, -0.15) is 0 Å². The van der Waals surface area contributed by atoms with Gasteiger partial charge in [0.25, 0.3) is 5.91 Å². The van der Waals surface area contributed by atoms with Crippen LogP contribution < -0.4 is 15.4 Å².